The second-order valence-electron chi connectivity index (χ2n) is 8.39. The Labute approximate surface area is 226 Å². The van der Waals surface area contributed by atoms with Crippen molar-refractivity contribution >= 4 is 55.2 Å². The summed E-state index contributed by atoms with van der Waals surface area (Å²) in [5.74, 6) is 0.384. The number of halogens is 2. The number of esters is 1. The number of fused-ring (bicyclic) bond motifs is 1. The highest BCUT2D eigenvalue weighted by atomic mass is 79.9. The van der Waals surface area contributed by atoms with E-state index in [2.05, 4.69) is 59.3 Å². The minimum absolute atomic E-state index is 0.345. The summed E-state index contributed by atoms with van der Waals surface area (Å²) in [4.78, 5) is 11.7. The number of hydrogen-bond acceptors (Lipinski definition) is 3. The second-order valence-corrected chi connectivity index (χ2v) is 9.59. The minimum Gasteiger partial charge on any atom is -0.497 e. The number of hydrogen-bond donors (Lipinski definition) is 0. The molecule has 0 aliphatic heterocycles. The number of benzene rings is 3. The highest BCUT2D eigenvalue weighted by Crippen LogP contribution is 2.47. The largest absolute Gasteiger partial charge is 0.497 e. The highest BCUT2D eigenvalue weighted by Gasteiger charge is 2.26. The smallest absolute Gasteiger partial charge is 0.330 e. The first-order chi connectivity index (χ1) is 17.5. The summed E-state index contributed by atoms with van der Waals surface area (Å²) in [7, 11) is 1.64. The molecule has 0 amide bonds. The lowest BCUT2D eigenvalue weighted by atomic mass is 9.87. The molecule has 3 aromatic carbocycles. The van der Waals surface area contributed by atoms with Gasteiger partial charge in [-0.1, -0.05) is 67.1 Å². The average molecular weight is 564 g/mol. The topological polar surface area (TPSA) is 35.5 Å². The fourth-order valence-electron chi connectivity index (χ4n) is 4.53. The van der Waals surface area contributed by atoms with E-state index >= 15 is 0 Å². The van der Waals surface area contributed by atoms with Crippen LogP contribution >= 0.6 is 27.5 Å². The van der Waals surface area contributed by atoms with Gasteiger partial charge in [-0.2, -0.15) is 0 Å². The molecule has 0 N–H and O–H groups in total. The van der Waals surface area contributed by atoms with Gasteiger partial charge in [0.2, 0.25) is 0 Å². The first-order valence-corrected chi connectivity index (χ1v) is 13.1. The molecule has 1 aliphatic rings. The highest BCUT2D eigenvalue weighted by molar-refractivity contribution is 9.15. The quantitative estimate of drug-likeness (QED) is 0.156. The van der Waals surface area contributed by atoms with Crippen LogP contribution in [-0.4, -0.2) is 19.7 Å². The molecule has 5 heteroatoms. The molecule has 0 spiro atoms. The van der Waals surface area contributed by atoms with E-state index in [9.17, 15) is 4.79 Å². The maximum absolute atomic E-state index is 11.7. The third-order valence-electron chi connectivity index (χ3n) is 6.24. The molecule has 36 heavy (non-hydrogen) atoms. The zero-order valence-electron chi connectivity index (χ0n) is 20.6. The van der Waals surface area contributed by atoms with Crippen molar-refractivity contribution in [2.75, 3.05) is 13.7 Å². The molecule has 184 valence electrons. The fraction of sp³-hybridized carbons (Fsp3) is 0.194. The van der Waals surface area contributed by atoms with Crippen molar-refractivity contribution < 1.29 is 14.3 Å². The van der Waals surface area contributed by atoms with Crippen molar-refractivity contribution in [1.29, 1.82) is 0 Å². The van der Waals surface area contributed by atoms with E-state index in [-0.39, 0.29) is 5.97 Å². The van der Waals surface area contributed by atoms with Gasteiger partial charge >= 0.3 is 5.97 Å². The van der Waals surface area contributed by atoms with Gasteiger partial charge < -0.3 is 9.47 Å². The summed E-state index contributed by atoms with van der Waals surface area (Å²) in [6.07, 6.45) is 4.85. The number of rotatable bonds is 8. The Kier molecular flexibility index (Phi) is 8.50. The van der Waals surface area contributed by atoms with Crippen LogP contribution in [0.2, 0.25) is 5.02 Å². The zero-order valence-corrected chi connectivity index (χ0v) is 22.9. The van der Waals surface area contributed by atoms with Gasteiger partial charge in [0.25, 0.3) is 0 Å². The molecule has 4 rings (SSSR count). The molecule has 0 bridgehead atoms. The molecule has 0 radical (unpaired) electrons. The van der Waals surface area contributed by atoms with E-state index in [1.807, 2.05) is 30.3 Å². The van der Waals surface area contributed by atoms with Gasteiger partial charge in [-0.25, -0.2) is 4.79 Å². The van der Waals surface area contributed by atoms with Gasteiger partial charge in [0, 0.05) is 10.6 Å². The van der Waals surface area contributed by atoms with Crippen LogP contribution < -0.4 is 4.74 Å². The summed E-state index contributed by atoms with van der Waals surface area (Å²) in [6, 6.07) is 22.6. The van der Waals surface area contributed by atoms with Crippen molar-refractivity contribution in [1.82, 2.24) is 0 Å². The van der Waals surface area contributed by atoms with Crippen LogP contribution in [0.4, 0.5) is 0 Å². The molecular formula is C31H28BrClO3. The maximum atomic E-state index is 11.7. The average Bonchev–Trinajstić information content (AvgIpc) is 3.22. The van der Waals surface area contributed by atoms with Crippen molar-refractivity contribution in [3.05, 3.63) is 111 Å². The van der Waals surface area contributed by atoms with Gasteiger partial charge in [-0.15, -0.1) is 0 Å². The maximum Gasteiger partial charge on any atom is 0.330 e. The normalized spacial score (nSPS) is 13.6. The fourth-order valence-corrected chi connectivity index (χ4v) is 5.54. The van der Waals surface area contributed by atoms with Crippen LogP contribution in [-0.2, 0) is 16.0 Å². The lowest BCUT2D eigenvalue weighted by Crippen LogP contribution is -1.99. The van der Waals surface area contributed by atoms with Crippen LogP contribution in [0.1, 0.15) is 48.1 Å². The molecule has 0 fully saturated rings. The van der Waals surface area contributed by atoms with Gasteiger partial charge in [0.05, 0.1) is 18.7 Å². The Bertz CT molecular complexity index is 1370. The Morgan fingerprint density at radius 2 is 1.81 bits per heavy atom. The molecule has 0 saturated carbocycles. The number of carbonyl (C=O) groups excluding carboxylic acids is 1. The summed E-state index contributed by atoms with van der Waals surface area (Å²) in [5.41, 5.74) is 9.07. The van der Waals surface area contributed by atoms with Crippen molar-refractivity contribution in [3.8, 4) is 5.75 Å². The molecule has 1 aliphatic carbocycles. The van der Waals surface area contributed by atoms with E-state index in [0.717, 1.165) is 50.9 Å². The van der Waals surface area contributed by atoms with E-state index in [0.29, 0.717) is 11.6 Å². The molecule has 0 unspecified atom stereocenters. The molecular weight excluding hydrogens is 536 g/mol. The summed E-state index contributed by atoms with van der Waals surface area (Å²) < 4.78 is 11.5. The Balaban J connectivity index is 1.86. The monoisotopic (exact) mass is 562 g/mol. The van der Waals surface area contributed by atoms with Crippen LogP contribution in [0, 0.1) is 0 Å². The van der Waals surface area contributed by atoms with Crippen molar-refractivity contribution in [3.63, 3.8) is 0 Å². The Hall–Kier alpha value is -3.08. The van der Waals surface area contributed by atoms with Gasteiger partial charge in [-0.3, -0.25) is 0 Å². The third-order valence-corrected chi connectivity index (χ3v) is 7.46. The van der Waals surface area contributed by atoms with Gasteiger partial charge in [0.15, 0.2) is 0 Å². The Morgan fingerprint density at radius 1 is 1.06 bits per heavy atom. The first kappa shape index (κ1) is 26.0. The van der Waals surface area contributed by atoms with Crippen molar-refractivity contribution in [2.45, 2.75) is 26.7 Å². The minimum atomic E-state index is -0.345. The number of carbonyl (C=O) groups is 1. The van der Waals surface area contributed by atoms with Crippen LogP contribution in [0.25, 0.3) is 21.7 Å². The zero-order chi connectivity index (χ0) is 25.7. The standard InChI is InChI=1S/C31H28BrClO3/c1-4-24(26-16-15-23(35-3)19-28(26)33)30(27-18-22-8-6-7-9-25(22)31(27)32)21-13-10-20(11-14-21)12-17-29(34)36-5-2/h6-17,19H,4-5,18H2,1-3H3/b17-12+,30-24+. The predicted octanol–water partition coefficient (Wildman–Crippen LogP) is 8.61. The SMILES string of the molecule is CCOC(=O)/C=C/c1ccc(/C(C2=C(Br)c3ccccc3C2)=C(/CC)c2ccc(OC)cc2Cl)cc1. The summed E-state index contributed by atoms with van der Waals surface area (Å²) in [6.45, 7) is 4.31. The molecule has 0 aromatic heterocycles. The third kappa shape index (κ3) is 5.50. The van der Waals surface area contributed by atoms with E-state index in [1.165, 1.54) is 22.8 Å². The van der Waals surface area contributed by atoms with E-state index in [1.54, 1.807) is 20.1 Å². The number of ether oxygens (including phenoxy) is 2. The van der Waals surface area contributed by atoms with Crippen molar-refractivity contribution in [2.24, 2.45) is 0 Å². The molecule has 3 aromatic rings. The number of methoxy groups -OCH3 is 1. The lowest BCUT2D eigenvalue weighted by Gasteiger charge is -2.19. The molecule has 0 heterocycles. The lowest BCUT2D eigenvalue weighted by molar-refractivity contribution is -0.137. The molecule has 3 nitrogen and oxygen atoms in total. The van der Waals surface area contributed by atoms with Crippen LogP contribution in [0.5, 0.6) is 5.75 Å². The first-order valence-electron chi connectivity index (χ1n) is 12.0. The molecule has 0 saturated heterocycles. The Morgan fingerprint density at radius 3 is 2.44 bits per heavy atom. The summed E-state index contributed by atoms with van der Waals surface area (Å²) in [5, 5.41) is 0.657. The summed E-state index contributed by atoms with van der Waals surface area (Å²) >= 11 is 10.7. The van der Waals surface area contributed by atoms with Gasteiger partial charge in [0.1, 0.15) is 5.75 Å². The predicted molar refractivity (Wildman–Crippen MR) is 153 cm³/mol. The van der Waals surface area contributed by atoms with Crippen LogP contribution in [0.15, 0.2) is 78.4 Å². The molecule has 0 atom stereocenters. The van der Waals surface area contributed by atoms with E-state index in [4.69, 9.17) is 21.1 Å². The number of allylic oxidation sites excluding steroid dienone is 3. The van der Waals surface area contributed by atoms with Crippen LogP contribution in [0.3, 0.4) is 0 Å². The van der Waals surface area contributed by atoms with E-state index < -0.39 is 0 Å². The van der Waals surface area contributed by atoms with Gasteiger partial charge in [-0.05, 0) is 105 Å². The second kappa shape index (κ2) is 11.8.